The molecule has 0 bridgehead atoms. The molecular weight excluding hydrogens is 505 g/mol. The van der Waals surface area contributed by atoms with E-state index in [2.05, 4.69) is 60.7 Å². The third kappa shape index (κ3) is 5.74. The molecule has 0 spiro atoms. The number of halogens is 1. The summed E-state index contributed by atoms with van der Waals surface area (Å²) >= 11 is 1.55. The lowest BCUT2D eigenvalue weighted by molar-refractivity contribution is -0.114. The molecule has 1 aliphatic heterocycles. The monoisotopic (exact) mass is 535 g/mol. The number of aromatic nitrogens is 3. The SMILES string of the molecule is C/C=S(\c1cnc(NC(C)=O)s1)N1CCCC1c1ccccc1-c1cncn1CCc1ccc(F)cc1. The van der Waals surface area contributed by atoms with Crippen LogP contribution in [0, 0.1) is 5.82 Å². The van der Waals surface area contributed by atoms with Gasteiger partial charge in [-0.1, -0.05) is 58.4 Å². The lowest BCUT2D eigenvalue weighted by Crippen LogP contribution is -2.18. The summed E-state index contributed by atoms with van der Waals surface area (Å²) in [6.07, 6.45) is 8.72. The van der Waals surface area contributed by atoms with Crippen LogP contribution in [0.15, 0.2) is 71.5 Å². The van der Waals surface area contributed by atoms with E-state index in [-0.39, 0.29) is 28.4 Å². The summed E-state index contributed by atoms with van der Waals surface area (Å²) < 4.78 is 19.2. The zero-order valence-electron chi connectivity index (χ0n) is 20.9. The highest BCUT2D eigenvalue weighted by Crippen LogP contribution is 2.47. The van der Waals surface area contributed by atoms with E-state index in [0.717, 1.165) is 47.8 Å². The van der Waals surface area contributed by atoms with Crippen LogP contribution in [0.2, 0.25) is 0 Å². The van der Waals surface area contributed by atoms with Crippen molar-refractivity contribution in [1.29, 1.82) is 0 Å². The standard InChI is InChI=1S/C28H30FN5OS2/c1-3-37(27-18-31-28(36-27)32-20(2)35)34-15-6-9-25(34)23-7-4-5-8-24(23)26-17-30-19-33(26)16-14-21-10-12-22(29)13-11-21/h3-5,7-8,10-13,17-19,25H,6,9,14-16H2,1-2H3,(H,31,32,35). The summed E-state index contributed by atoms with van der Waals surface area (Å²) in [5, 5.41) is 5.70. The van der Waals surface area contributed by atoms with Crippen molar-refractivity contribution in [3.05, 3.63) is 84.2 Å². The van der Waals surface area contributed by atoms with E-state index in [1.165, 1.54) is 30.2 Å². The number of amides is 1. The van der Waals surface area contributed by atoms with Gasteiger partial charge in [0.15, 0.2) is 5.13 Å². The molecule has 5 rings (SSSR count). The minimum Gasteiger partial charge on any atom is -0.330 e. The molecule has 0 saturated carbocycles. The predicted octanol–water partition coefficient (Wildman–Crippen LogP) is 6.55. The summed E-state index contributed by atoms with van der Waals surface area (Å²) in [6, 6.07) is 15.6. The van der Waals surface area contributed by atoms with E-state index in [1.807, 2.05) is 30.9 Å². The van der Waals surface area contributed by atoms with Crippen molar-refractivity contribution in [2.75, 3.05) is 11.9 Å². The number of thiazole rings is 1. The first kappa shape index (κ1) is 25.5. The van der Waals surface area contributed by atoms with Crippen molar-refractivity contribution in [3.63, 3.8) is 0 Å². The van der Waals surface area contributed by atoms with Gasteiger partial charge in [0.1, 0.15) is 5.82 Å². The Balaban J connectivity index is 1.42. The Kier molecular flexibility index (Phi) is 7.93. The maximum Gasteiger partial charge on any atom is 0.223 e. The van der Waals surface area contributed by atoms with Crippen LogP contribution in [-0.4, -0.2) is 36.7 Å². The Morgan fingerprint density at radius 2 is 2.03 bits per heavy atom. The molecule has 2 unspecified atom stereocenters. The number of aryl methyl sites for hydroxylation is 2. The summed E-state index contributed by atoms with van der Waals surface area (Å²) in [5.74, 6) is -0.319. The zero-order chi connectivity index (χ0) is 25.8. The second kappa shape index (κ2) is 11.5. The van der Waals surface area contributed by atoms with Crippen LogP contribution in [0.4, 0.5) is 9.52 Å². The third-order valence-electron chi connectivity index (χ3n) is 6.52. The number of benzene rings is 2. The Hall–Kier alpha value is -3.14. The van der Waals surface area contributed by atoms with Crippen molar-refractivity contribution < 1.29 is 9.18 Å². The lowest BCUT2D eigenvalue weighted by Gasteiger charge is -2.29. The maximum absolute atomic E-state index is 13.3. The van der Waals surface area contributed by atoms with Crippen molar-refractivity contribution in [2.24, 2.45) is 0 Å². The van der Waals surface area contributed by atoms with Gasteiger partial charge >= 0.3 is 0 Å². The van der Waals surface area contributed by atoms with Crippen LogP contribution in [0.5, 0.6) is 0 Å². The molecule has 1 aliphatic rings. The molecule has 2 aromatic carbocycles. The Morgan fingerprint density at radius 3 is 2.81 bits per heavy atom. The van der Waals surface area contributed by atoms with Gasteiger partial charge < -0.3 is 9.88 Å². The van der Waals surface area contributed by atoms with Gasteiger partial charge in [-0.25, -0.2) is 18.7 Å². The van der Waals surface area contributed by atoms with E-state index >= 15 is 0 Å². The van der Waals surface area contributed by atoms with Gasteiger partial charge in [-0.15, -0.1) is 0 Å². The summed E-state index contributed by atoms with van der Waals surface area (Å²) in [6.45, 7) is 5.38. The first-order valence-electron chi connectivity index (χ1n) is 12.4. The molecule has 2 aromatic heterocycles. The van der Waals surface area contributed by atoms with Crippen LogP contribution in [0.25, 0.3) is 11.3 Å². The molecule has 1 saturated heterocycles. The molecule has 192 valence electrons. The number of anilines is 1. The van der Waals surface area contributed by atoms with Crippen LogP contribution in [0.1, 0.15) is 43.9 Å². The molecule has 0 aliphatic carbocycles. The largest absolute Gasteiger partial charge is 0.330 e. The molecule has 1 N–H and O–H groups in total. The van der Waals surface area contributed by atoms with E-state index in [1.54, 1.807) is 11.3 Å². The van der Waals surface area contributed by atoms with E-state index in [0.29, 0.717) is 5.13 Å². The fourth-order valence-electron chi connectivity index (χ4n) is 4.86. The number of nitrogens with one attached hydrogen (secondary N) is 1. The second-order valence-electron chi connectivity index (χ2n) is 8.95. The summed E-state index contributed by atoms with van der Waals surface area (Å²) in [5.41, 5.74) is 4.69. The predicted molar refractivity (Wildman–Crippen MR) is 150 cm³/mol. The molecule has 3 heterocycles. The van der Waals surface area contributed by atoms with Gasteiger partial charge in [0.05, 0.1) is 28.6 Å². The number of carbonyl (C=O) groups is 1. The van der Waals surface area contributed by atoms with Crippen LogP contribution in [0.3, 0.4) is 0 Å². The van der Waals surface area contributed by atoms with Crippen LogP contribution < -0.4 is 5.32 Å². The van der Waals surface area contributed by atoms with Crippen LogP contribution in [-0.2, 0) is 17.8 Å². The molecule has 1 fully saturated rings. The van der Waals surface area contributed by atoms with E-state index in [4.69, 9.17) is 0 Å². The van der Waals surface area contributed by atoms with Gasteiger partial charge in [-0.3, -0.25) is 4.79 Å². The minimum atomic E-state index is -0.225. The molecule has 37 heavy (non-hydrogen) atoms. The summed E-state index contributed by atoms with van der Waals surface area (Å²) in [7, 11) is -0.225. The number of imidazole rings is 1. The third-order valence-corrected chi connectivity index (χ3v) is 9.89. The quantitative estimate of drug-likeness (QED) is 0.260. The number of nitrogens with zero attached hydrogens (tertiary/aromatic N) is 4. The Labute approximate surface area is 223 Å². The zero-order valence-corrected chi connectivity index (χ0v) is 22.6. The highest BCUT2D eigenvalue weighted by Gasteiger charge is 2.31. The average molecular weight is 536 g/mol. The molecule has 0 radical (unpaired) electrons. The normalized spacial score (nSPS) is 16.8. The fourth-order valence-corrected chi connectivity index (χ4v) is 8.33. The minimum absolute atomic E-state index is 0.106. The van der Waals surface area contributed by atoms with Gasteiger partial charge in [0, 0.05) is 31.6 Å². The fraction of sp³-hybridized carbons (Fsp3) is 0.286. The number of hydrogen-bond acceptors (Lipinski definition) is 5. The highest BCUT2D eigenvalue weighted by molar-refractivity contribution is 8.14. The van der Waals surface area contributed by atoms with Gasteiger partial charge in [0.25, 0.3) is 0 Å². The molecule has 6 nitrogen and oxygen atoms in total. The van der Waals surface area contributed by atoms with Crippen molar-refractivity contribution >= 4 is 38.4 Å². The topological polar surface area (TPSA) is 63.1 Å². The second-order valence-corrected chi connectivity index (χ2v) is 12.2. The van der Waals surface area contributed by atoms with Crippen LogP contribution >= 0.6 is 22.0 Å². The average Bonchev–Trinajstić information content (AvgIpc) is 3.66. The smallest absolute Gasteiger partial charge is 0.223 e. The Morgan fingerprint density at radius 1 is 1.22 bits per heavy atom. The first-order chi connectivity index (χ1) is 18.0. The summed E-state index contributed by atoms with van der Waals surface area (Å²) in [4.78, 5) is 20.4. The van der Waals surface area contributed by atoms with E-state index in [9.17, 15) is 9.18 Å². The number of hydrogen-bond donors (Lipinski definition) is 1. The Bertz CT molecular complexity index is 1410. The van der Waals surface area contributed by atoms with Gasteiger partial charge in [-0.05, 0) is 54.8 Å². The maximum atomic E-state index is 13.3. The van der Waals surface area contributed by atoms with Gasteiger partial charge in [0.2, 0.25) is 5.91 Å². The van der Waals surface area contributed by atoms with Crippen molar-refractivity contribution in [2.45, 2.75) is 49.9 Å². The lowest BCUT2D eigenvalue weighted by atomic mass is 9.97. The first-order valence-corrected chi connectivity index (χ1v) is 14.5. The van der Waals surface area contributed by atoms with Crippen molar-refractivity contribution in [1.82, 2.24) is 18.8 Å². The molecule has 4 aromatic rings. The molecule has 9 heteroatoms. The molecule has 1 amide bonds. The number of rotatable bonds is 8. The van der Waals surface area contributed by atoms with E-state index < -0.39 is 0 Å². The van der Waals surface area contributed by atoms with Crippen molar-refractivity contribution in [3.8, 4) is 11.3 Å². The molecular formula is C28H30FN5OS2. The number of carbonyl (C=O) groups excluding carboxylic acids is 1. The molecule has 2 atom stereocenters. The van der Waals surface area contributed by atoms with Gasteiger partial charge in [-0.2, -0.15) is 0 Å². The highest BCUT2D eigenvalue weighted by atomic mass is 32.2.